The number of ether oxygens (including phenoxy) is 3. The van der Waals surface area contributed by atoms with Gasteiger partial charge in [0, 0.05) is 6.54 Å². The summed E-state index contributed by atoms with van der Waals surface area (Å²) in [5.74, 6) is 2.42. The highest BCUT2D eigenvalue weighted by atomic mass is 32.1. The van der Waals surface area contributed by atoms with Crippen LogP contribution in [0.2, 0.25) is 0 Å². The van der Waals surface area contributed by atoms with Crippen LogP contribution in [0.4, 0.5) is 0 Å². The van der Waals surface area contributed by atoms with Gasteiger partial charge in [-0.25, -0.2) is 0 Å². The van der Waals surface area contributed by atoms with Crippen LogP contribution in [-0.2, 0) is 4.74 Å². The summed E-state index contributed by atoms with van der Waals surface area (Å²) in [7, 11) is 0. The highest BCUT2D eigenvalue weighted by Crippen LogP contribution is 2.28. The topological polar surface area (TPSA) is 39.7 Å². The summed E-state index contributed by atoms with van der Waals surface area (Å²) in [5, 5.41) is 3.50. The molecule has 0 spiro atoms. The van der Waals surface area contributed by atoms with Crippen molar-refractivity contribution in [3.05, 3.63) is 54.6 Å². The fourth-order valence-electron chi connectivity index (χ4n) is 3.04. The minimum Gasteiger partial charge on any atom is -0.487 e. The van der Waals surface area contributed by atoms with Crippen molar-refractivity contribution in [3.8, 4) is 17.2 Å². The Bertz CT molecular complexity index is 690. The molecule has 0 saturated heterocycles. The number of nitrogens with one attached hydrogen (secondary N) is 1. The number of hydrogen-bond acceptors (Lipinski definition) is 4. The molecule has 3 rings (SSSR count). The third kappa shape index (κ3) is 5.36. The highest BCUT2D eigenvalue weighted by Gasteiger charge is 2.29. The van der Waals surface area contributed by atoms with E-state index in [1.54, 1.807) is 0 Å². The van der Waals surface area contributed by atoms with E-state index in [1.165, 1.54) is 0 Å². The van der Waals surface area contributed by atoms with Crippen LogP contribution in [-0.4, -0.2) is 23.9 Å². The van der Waals surface area contributed by atoms with Crippen molar-refractivity contribution < 1.29 is 14.2 Å². The molecule has 0 aliphatic heterocycles. The van der Waals surface area contributed by atoms with Crippen LogP contribution in [0.15, 0.2) is 54.6 Å². The summed E-state index contributed by atoms with van der Waals surface area (Å²) in [6.45, 7) is 2.77. The Morgan fingerprint density at radius 1 is 0.923 bits per heavy atom. The van der Waals surface area contributed by atoms with Gasteiger partial charge in [-0.2, -0.15) is 0 Å². The third-order valence-electron chi connectivity index (χ3n) is 4.31. The van der Waals surface area contributed by atoms with Gasteiger partial charge in [0.1, 0.15) is 29.5 Å². The maximum atomic E-state index is 6.18. The molecule has 5 heteroatoms. The fourth-order valence-corrected chi connectivity index (χ4v) is 3.31. The molecule has 0 bridgehead atoms. The lowest BCUT2D eigenvalue weighted by molar-refractivity contribution is 0.0151. The molecule has 0 heterocycles. The first-order valence-electron chi connectivity index (χ1n) is 9.18. The van der Waals surface area contributed by atoms with Gasteiger partial charge >= 0.3 is 0 Å². The van der Waals surface area contributed by atoms with E-state index in [-0.39, 0.29) is 12.2 Å². The predicted molar refractivity (Wildman–Crippen MR) is 107 cm³/mol. The summed E-state index contributed by atoms with van der Waals surface area (Å²) < 4.78 is 17.9. The third-order valence-corrected chi connectivity index (χ3v) is 4.55. The van der Waals surface area contributed by atoms with Crippen molar-refractivity contribution in [1.29, 1.82) is 0 Å². The second-order valence-electron chi connectivity index (χ2n) is 6.30. The average Bonchev–Trinajstić information content (AvgIpc) is 2.66. The Morgan fingerprint density at radius 2 is 1.54 bits per heavy atom. The molecule has 1 saturated carbocycles. The molecule has 4 nitrogen and oxygen atoms in total. The van der Waals surface area contributed by atoms with Gasteiger partial charge in [-0.1, -0.05) is 18.2 Å². The van der Waals surface area contributed by atoms with Crippen molar-refractivity contribution in [3.63, 3.8) is 0 Å². The first kappa shape index (κ1) is 18.5. The van der Waals surface area contributed by atoms with Crippen molar-refractivity contribution in [2.75, 3.05) is 6.54 Å². The van der Waals surface area contributed by atoms with Gasteiger partial charge in [-0.3, -0.25) is 0 Å². The van der Waals surface area contributed by atoms with Crippen LogP contribution in [0.3, 0.4) is 0 Å². The van der Waals surface area contributed by atoms with E-state index in [1.807, 2.05) is 61.5 Å². The lowest BCUT2D eigenvalue weighted by Gasteiger charge is -2.32. The second-order valence-corrected chi connectivity index (χ2v) is 6.67. The normalized spacial score (nSPS) is 19.4. The summed E-state index contributed by atoms with van der Waals surface area (Å²) in [6, 6.07) is 17.5. The van der Waals surface area contributed by atoms with Gasteiger partial charge < -0.3 is 19.5 Å². The van der Waals surface area contributed by atoms with Gasteiger partial charge in [0.2, 0.25) is 0 Å². The number of benzene rings is 2. The summed E-state index contributed by atoms with van der Waals surface area (Å²) >= 11 is 5.23. The summed E-state index contributed by atoms with van der Waals surface area (Å²) in [6.07, 6.45) is 4.24. The van der Waals surface area contributed by atoms with E-state index in [9.17, 15) is 0 Å². The lowest BCUT2D eigenvalue weighted by atomic mass is 9.94. The predicted octanol–water partition coefficient (Wildman–Crippen LogP) is 5.08. The number of para-hydroxylation sites is 1. The van der Waals surface area contributed by atoms with Crippen molar-refractivity contribution in [2.45, 2.75) is 44.8 Å². The molecule has 2 atom stereocenters. The second kappa shape index (κ2) is 9.43. The molecule has 1 aliphatic carbocycles. The van der Waals surface area contributed by atoms with E-state index >= 15 is 0 Å². The zero-order chi connectivity index (χ0) is 18.2. The van der Waals surface area contributed by atoms with E-state index in [4.69, 9.17) is 26.4 Å². The van der Waals surface area contributed by atoms with Gasteiger partial charge in [-0.15, -0.1) is 0 Å². The van der Waals surface area contributed by atoms with E-state index in [0.29, 0.717) is 5.17 Å². The quantitative estimate of drug-likeness (QED) is 0.717. The molecule has 1 aliphatic rings. The van der Waals surface area contributed by atoms with Crippen LogP contribution >= 0.6 is 12.2 Å². The van der Waals surface area contributed by atoms with E-state index in [2.05, 4.69) is 5.32 Å². The Morgan fingerprint density at radius 3 is 2.23 bits per heavy atom. The van der Waals surface area contributed by atoms with Gasteiger partial charge in [-0.05, 0) is 81.2 Å². The molecule has 0 amide bonds. The molecule has 2 aromatic rings. The Balaban J connectivity index is 1.59. The molecule has 2 unspecified atom stereocenters. The number of thiocarbonyl (C=S) groups is 1. The monoisotopic (exact) mass is 371 g/mol. The van der Waals surface area contributed by atoms with Crippen molar-refractivity contribution in [1.82, 2.24) is 5.32 Å². The average molecular weight is 372 g/mol. The minimum absolute atomic E-state index is 0.00412. The largest absolute Gasteiger partial charge is 0.487 e. The summed E-state index contributed by atoms with van der Waals surface area (Å²) in [5.41, 5.74) is 0. The zero-order valence-corrected chi connectivity index (χ0v) is 15.8. The maximum absolute atomic E-state index is 6.18. The number of rotatable bonds is 6. The maximum Gasteiger partial charge on any atom is 0.257 e. The van der Waals surface area contributed by atoms with Gasteiger partial charge in [0.15, 0.2) is 0 Å². The van der Waals surface area contributed by atoms with Crippen LogP contribution in [0, 0.1) is 0 Å². The molecular weight excluding hydrogens is 346 g/mol. The SMILES string of the molecule is CCNC(=S)OC1CCCCC1Oc1ccc(Oc2ccccc2)cc1. The fraction of sp³-hybridized carbons (Fsp3) is 0.381. The lowest BCUT2D eigenvalue weighted by Crippen LogP contribution is -2.40. The minimum atomic E-state index is -0.00412. The number of hydrogen-bond donors (Lipinski definition) is 1. The molecule has 1 fully saturated rings. The molecule has 138 valence electrons. The van der Waals surface area contributed by atoms with Crippen molar-refractivity contribution >= 4 is 17.4 Å². The molecule has 0 radical (unpaired) electrons. The van der Waals surface area contributed by atoms with E-state index in [0.717, 1.165) is 49.5 Å². The Kier molecular flexibility index (Phi) is 6.72. The van der Waals surface area contributed by atoms with E-state index < -0.39 is 0 Å². The Labute approximate surface area is 160 Å². The van der Waals surface area contributed by atoms with Crippen molar-refractivity contribution in [2.24, 2.45) is 0 Å². The first-order valence-corrected chi connectivity index (χ1v) is 9.59. The van der Waals surface area contributed by atoms with Crippen LogP contribution in [0.1, 0.15) is 32.6 Å². The van der Waals surface area contributed by atoms with Gasteiger partial charge in [0.25, 0.3) is 5.17 Å². The Hall–Kier alpha value is -2.27. The first-order chi connectivity index (χ1) is 12.7. The zero-order valence-electron chi connectivity index (χ0n) is 15.0. The standard InChI is InChI=1S/C21H25NO3S/c1-2-22-21(26)25-20-11-7-6-10-19(20)24-18-14-12-17(13-15-18)23-16-8-4-3-5-9-16/h3-5,8-9,12-15,19-20H,2,6-7,10-11H2,1H3,(H,22,26). The molecule has 26 heavy (non-hydrogen) atoms. The van der Waals surface area contributed by atoms with Gasteiger partial charge in [0.05, 0.1) is 0 Å². The molecule has 1 N–H and O–H groups in total. The molecule has 0 aromatic heterocycles. The smallest absolute Gasteiger partial charge is 0.257 e. The molecular formula is C21H25NO3S. The molecule has 2 aromatic carbocycles. The van der Waals surface area contributed by atoms with Crippen LogP contribution in [0.25, 0.3) is 0 Å². The summed E-state index contributed by atoms with van der Waals surface area (Å²) in [4.78, 5) is 0. The van der Waals surface area contributed by atoms with Crippen LogP contribution < -0.4 is 14.8 Å². The van der Waals surface area contributed by atoms with Crippen LogP contribution in [0.5, 0.6) is 17.2 Å². The highest BCUT2D eigenvalue weighted by molar-refractivity contribution is 7.80.